The molecule has 0 nitrogen and oxygen atoms in total. The van der Waals surface area contributed by atoms with Crippen molar-refractivity contribution < 1.29 is 0 Å². The Labute approximate surface area is 71.9 Å². The zero-order chi connectivity index (χ0) is 7.11. The Balaban J connectivity index is 3.41. The van der Waals surface area contributed by atoms with Gasteiger partial charge >= 0.3 is 0 Å². The molecule has 0 fully saturated rings. The van der Waals surface area contributed by atoms with Crippen LogP contribution in [0.5, 0.6) is 0 Å². The number of allylic oxidation sites excluding steroid dienone is 2. The Morgan fingerprint density at radius 1 is 1.56 bits per heavy atom. The molecule has 0 aliphatic rings. The van der Waals surface area contributed by atoms with Gasteiger partial charge in [-0.3, -0.25) is 0 Å². The summed E-state index contributed by atoms with van der Waals surface area (Å²) in [4.78, 5) is 0. The van der Waals surface area contributed by atoms with Crippen LogP contribution in [0.1, 0.15) is 26.7 Å². The Kier molecular flexibility index (Phi) is 6.93. The molecule has 0 rings (SSSR count). The fraction of sp³-hybridized carbons (Fsp3) is 0.750. The lowest BCUT2D eigenvalue weighted by Crippen LogP contribution is -1.95. The van der Waals surface area contributed by atoms with E-state index in [-0.39, 0.29) is 0 Å². The van der Waals surface area contributed by atoms with Crippen molar-refractivity contribution in [2.75, 3.05) is 4.43 Å². The summed E-state index contributed by atoms with van der Waals surface area (Å²) in [5, 5.41) is 0. The Morgan fingerprint density at radius 2 is 2.22 bits per heavy atom. The predicted molar refractivity (Wildman–Crippen MR) is 52.1 cm³/mol. The minimum atomic E-state index is 0.820. The van der Waals surface area contributed by atoms with E-state index in [1.165, 1.54) is 17.3 Å². The Bertz CT molecular complexity index is 76.6. The second-order valence-corrected chi connectivity index (χ2v) is 3.11. The van der Waals surface area contributed by atoms with Crippen molar-refractivity contribution in [3.05, 3.63) is 12.2 Å². The van der Waals surface area contributed by atoms with E-state index >= 15 is 0 Å². The molecule has 1 atom stereocenters. The van der Waals surface area contributed by atoms with E-state index in [0.717, 1.165) is 5.92 Å². The van der Waals surface area contributed by atoms with Crippen LogP contribution >= 0.6 is 22.6 Å². The van der Waals surface area contributed by atoms with E-state index in [0.29, 0.717) is 0 Å². The molecule has 54 valence electrons. The summed E-state index contributed by atoms with van der Waals surface area (Å²) in [5.74, 6) is 0.820. The van der Waals surface area contributed by atoms with Gasteiger partial charge in [0.1, 0.15) is 0 Å². The summed E-state index contributed by atoms with van der Waals surface area (Å²) < 4.78 is 1.26. The smallest absolute Gasteiger partial charge is 0.00583 e. The fourth-order valence-electron chi connectivity index (χ4n) is 0.868. The van der Waals surface area contributed by atoms with Gasteiger partial charge in [0.2, 0.25) is 0 Å². The maximum absolute atomic E-state index is 2.44. The van der Waals surface area contributed by atoms with Gasteiger partial charge in [-0.15, -0.1) is 0 Å². The molecule has 0 N–H and O–H groups in total. The van der Waals surface area contributed by atoms with Crippen LogP contribution in [0.2, 0.25) is 0 Å². The van der Waals surface area contributed by atoms with E-state index in [4.69, 9.17) is 0 Å². The monoisotopic (exact) mass is 238 g/mol. The van der Waals surface area contributed by atoms with Crippen LogP contribution in [0.15, 0.2) is 12.2 Å². The van der Waals surface area contributed by atoms with Crippen LogP contribution < -0.4 is 0 Å². The highest BCUT2D eigenvalue weighted by molar-refractivity contribution is 14.1. The van der Waals surface area contributed by atoms with Gasteiger partial charge in [-0.05, 0) is 19.3 Å². The van der Waals surface area contributed by atoms with Crippen molar-refractivity contribution in [2.45, 2.75) is 26.7 Å². The molecule has 0 aromatic heterocycles. The average molecular weight is 238 g/mol. The first kappa shape index (κ1) is 9.47. The molecule has 0 bridgehead atoms. The molecule has 0 aromatic carbocycles. The van der Waals surface area contributed by atoms with Crippen LogP contribution in [0.3, 0.4) is 0 Å². The third-order valence-corrected chi connectivity index (χ3v) is 2.45. The van der Waals surface area contributed by atoms with Crippen molar-refractivity contribution in [3.63, 3.8) is 0 Å². The summed E-state index contributed by atoms with van der Waals surface area (Å²) in [7, 11) is 0. The van der Waals surface area contributed by atoms with Gasteiger partial charge in [0.05, 0.1) is 0 Å². The topological polar surface area (TPSA) is 0 Å². The lowest BCUT2D eigenvalue weighted by atomic mass is 10.1. The Morgan fingerprint density at radius 3 is 2.56 bits per heavy atom. The van der Waals surface area contributed by atoms with E-state index < -0.39 is 0 Å². The predicted octanol–water partition coefficient (Wildman–Crippen LogP) is 3.41. The largest absolute Gasteiger partial charge is 0.0914 e. The molecule has 9 heavy (non-hydrogen) atoms. The Hall–Kier alpha value is 0.470. The summed E-state index contributed by atoms with van der Waals surface area (Å²) in [6.45, 7) is 4.33. The SMILES string of the molecule is CC=CC(CI)CCC. The zero-order valence-electron chi connectivity index (χ0n) is 6.23. The van der Waals surface area contributed by atoms with Gasteiger partial charge in [-0.2, -0.15) is 0 Å². The number of rotatable bonds is 4. The van der Waals surface area contributed by atoms with Gasteiger partial charge < -0.3 is 0 Å². The van der Waals surface area contributed by atoms with Crippen molar-refractivity contribution in [3.8, 4) is 0 Å². The number of alkyl halides is 1. The van der Waals surface area contributed by atoms with Gasteiger partial charge in [0.25, 0.3) is 0 Å². The average Bonchev–Trinajstić information content (AvgIpc) is 1.88. The highest BCUT2D eigenvalue weighted by Crippen LogP contribution is 2.10. The van der Waals surface area contributed by atoms with E-state index in [1.54, 1.807) is 0 Å². The minimum absolute atomic E-state index is 0.820. The molecule has 1 heteroatoms. The van der Waals surface area contributed by atoms with E-state index in [9.17, 15) is 0 Å². The fourth-order valence-corrected chi connectivity index (χ4v) is 1.60. The lowest BCUT2D eigenvalue weighted by Gasteiger charge is -2.04. The van der Waals surface area contributed by atoms with Crippen LogP contribution in [0.4, 0.5) is 0 Å². The molecule has 0 heterocycles. The normalized spacial score (nSPS) is 14.6. The summed E-state index contributed by atoms with van der Waals surface area (Å²) in [6.07, 6.45) is 7.10. The molecule has 0 saturated heterocycles. The van der Waals surface area contributed by atoms with Crippen LogP contribution in [0.25, 0.3) is 0 Å². The summed E-state index contributed by atoms with van der Waals surface area (Å²) in [6, 6.07) is 0. The molecular formula is C8H15I. The molecule has 0 spiro atoms. The number of halogens is 1. The van der Waals surface area contributed by atoms with Crippen LogP contribution in [0, 0.1) is 5.92 Å². The first-order valence-corrected chi connectivity index (χ1v) is 5.06. The zero-order valence-corrected chi connectivity index (χ0v) is 8.39. The molecule has 0 aliphatic carbocycles. The molecule has 0 amide bonds. The molecule has 1 unspecified atom stereocenters. The molecule has 0 aliphatic heterocycles. The maximum Gasteiger partial charge on any atom is 0.00583 e. The second-order valence-electron chi connectivity index (χ2n) is 2.23. The van der Waals surface area contributed by atoms with Gasteiger partial charge in [-0.1, -0.05) is 48.1 Å². The maximum atomic E-state index is 2.44. The third-order valence-electron chi connectivity index (χ3n) is 1.32. The number of hydrogen-bond donors (Lipinski definition) is 0. The highest BCUT2D eigenvalue weighted by Gasteiger charge is 1.97. The second kappa shape index (κ2) is 6.59. The van der Waals surface area contributed by atoms with Gasteiger partial charge in [-0.25, -0.2) is 0 Å². The van der Waals surface area contributed by atoms with E-state index in [2.05, 4.69) is 48.6 Å². The summed E-state index contributed by atoms with van der Waals surface area (Å²) in [5.41, 5.74) is 0. The van der Waals surface area contributed by atoms with Gasteiger partial charge in [0.15, 0.2) is 0 Å². The first-order valence-electron chi connectivity index (χ1n) is 3.53. The van der Waals surface area contributed by atoms with Crippen LogP contribution in [-0.4, -0.2) is 4.43 Å². The van der Waals surface area contributed by atoms with Gasteiger partial charge in [0, 0.05) is 4.43 Å². The highest BCUT2D eigenvalue weighted by atomic mass is 127. The quantitative estimate of drug-likeness (QED) is 0.400. The van der Waals surface area contributed by atoms with Crippen molar-refractivity contribution in [1.29, 1.82) is 0 Å². The lowest BCUT2D eigenvalue weighted by molar-refractivity contribution is 0.650. The van der Waals surface area contributed by atoms with E-state index in [1.807, 2.05) is 0 Å². The van der Waals surface area contributed by atoms with Crippen molar-refractivity contribution in [2.24, 2.45) is 5.92 Å². The number of hydrogen-bond acceptors (Lipinski definition) is 0. The molecule has 0 saturated carbocycles. The first-order chi connectivity index (χ1) is 4.35. The standard InChI is InChI=1S/C8H15I/c1-3-5-8(7-9)6-4-2/h3,5,8H,4,6-7H2,1-2H3. The van der Waals surface area contributed by atoms with Crippen molar-refractivity contribution >= 4 is 22.6 Å². The van der Waals surface area contributed by atoms with Crippen LogP contribution in [-0.2, 0) is 0 Å². The molecular weight excluding hydrogens is 223 g/mol. The molecule has 0 radical (unpaired) electrons. The molecule has 0 aromatic rings. The third kappa shape index (κ3) is 4.94. The summed E-state index contributed by atoms with van der Waals surface area (Å²) >= 11 is 2.44. The minimum Gasteiger partial charge on any atom is -0.0914 e. The van der Waals surface area contributed by atoms with Crippen molar-refractivity contribution in [1.82, 2.24) is 0 Å².